The van der Waals surface area contributed by atoms with E-state index in [2.05, 4.69) is 10.6 Å². The van der Waals surface area contributed by atoms with Gasteiger partial charge in [0, 0.05) is 29.3 Å². The highest BCUT2D eigenvalue weighted by Gasteiger charge is 2.22. The average Bonchev–Trinajstić information content (AvgIpc) is 3.31. The zero-order chi connectivity index (χ0) is 22.5. The molecule has 2 atom stereocenters. The van der Waals surface area contributed by atoms with E-state index in [9.17, 15) is 9.59 Å². The number of carbonyl (C=O) groups is 2. The van der Waals surface area contributed by atoms with Crippen LogP contribution in [-0.4, -0.2) is 37.2 Å². The molecule has 0 saturated carbocycles. The fourth-order valence-corrected chi connectivity index (χ4v) is 3.78. The van der Waals surface area contributed by atoms with E-state index < -0.39 is 5.91 Å². The minimum Gasteiger partial charge on any atom is -0.485 e. The molecule has 166 valence electrons. The summed E-state index contributed by atoms with van der Waals surface area (Å²) >= 11 is 5.92. The number of nitrogens with one attached hydrogen (secondary N) is 2. The number of carbonyl (C=O) groups excluding carboxylic acids is 2. The van der Waals surface area contributed by atoms with E-state index in [1.165, 1.54) is 0 Å². The van der Waals surface area contributed by atoms with E-state index in [0.717, 1.165) is 29.7 Å². The lowest BCUT2D eigenvalue weighted by molar-refractivity contribution is -0.118. The average molecular weight is 453 g/mol. The highest BCUT2D eigenvalue weighted by Crippen LogP contribution is 2.30. The molecule has 0 aromatic heterocycles. The molecule has 4 rings (SSSR count). The maximum atomic E-state index is 13.0. The molecule has 2 heterocycles. The number of ether oxygens (including phenoxy) is 2. The first-order valence-electron chi connectivity index (χ1n) is 10.7. The first-order chi connectivity index (χ1) is 15.5. The van der Waals surface area contributed by atoms with Gasteiger partial charge in [0.1, 0.15) is 17.6 Å². The highest BCUT2D eigenvalue weighted by atomic mass is 35.5. The molecule has 32 heavy (non-hydrogen) atoms. The van der Waals surface area contributed by atoms with Crippen molar-refractivity contribution in [3.63, 3.8) is 0 Å². The quantitative estimate of drug-likeness (QED) is 0.646. The van der Waals surface area contributed by atoms with Crippen molar-refractivity contribution in [1.29, 1.82) is 0 Å². The molecule has 2 aromatic rings. The van der Waals surface area contributed by atoms with Crippen LogP contribution in [0.5, 0.6) is 5.75 Å². The van der Waals surface area contributed by atoms with Crippen LogP contribution in [0.4, 0.5) is 0 Å². The Balaban J connectivity index is 1.58. The molecule has 2 aliphatic rings. The fraction of sp³-hybridized carbons (Fsp3) is 0.280. The van der Waals surface area contributed by atoms with Gasteiger partial charge in [-0.3, -0.25) is 9.59 Å². The van der Waals surface area contributed by atoms with Crippen LogP contribution in [0.3, 0.4) is 0 Å². The number of hydrogen-bond acceptors (Lipinski definition) is 4. The first kappa shape index (κ1) is 22.1. The van der Waals surface area contributed by atoms with Crippen molar-refractivity contribution < 1.29 is 19.1 Å². The molecular formula is C25H25ClN2O4. The summed E-state index contributed by atoms with van der Waals surface area (Å²) in [5.74, 6) is 0.00655. The van der Waals surface area contributed by atoms with Crippen LogP contribution in [0.15, 0.2) is 65.9 Å². The van der Waals surface area contributed by atoms with Crippen molar-refractivity contribution in [3.05, 3.63) is 82.0 Å². The number of para-hydroxylation sites is 1. The fourth-order valence-electron chi connectivity index (χ4n) is 3.65. The number of fused-ring (bicyclic) bond motifs is 1. The lowest BCUT2D eigenvalue weighted by atomic mass is 10.0. The SMILES string of the molecule is C[C@H]1Oc2ccccc2C=C1/C=C(\NC(=O)c1ccc(Cl)cc1)C(=O)NC[C@H]1CCCO1. The van der Waals surface area contributed by atoms with E-state index in [0.29, 0.717) is 23.7 Å². The third-order valence-electron chi connectivity index (χ3n) is 5.44. The monoisotopic (exact) mass is 452 g/mol. The molecule has 2 amide bonds. The van der Waals surface area contributed by atoms with Crippen LogP contribution in [0.2, 0.25) is 5.02 Å². The summed E-state index contributed by atoms with van der Waals surface area (Å²) in [6.07, 6.45) is 5.24. The van der Waals surface area contributed by atoms with Crippen LogP contribution in [0.1, 0.15) is 35.7 Å². The molecular weight excluding hydrogens is 428 g/mol. The molecule has 7 heteroatoms. The molecule has 2 aliphatic heterocycles. The summed E-state index contributed by atoms with van der Waals surface area (Å²) in [6, 6.07) is 14.2. The Hall–Kier alpha value is -3.09. The Morgan fingerprint density at radius 2 is 1.94 bits per heavy atom. The van der Waals surface area contributed by atoms with Gasteiger partial charge in [0.2, 0.25) is 0 Å². The minimum absolute atomic E-state index is 0.00445. The van der Waals surface area contributed by atoms with Crippen LogP contribution in [0, 0.1) is 0 Å². The third kappa shape index (κ3) is 5.39. The minimum atomic E-state index is -0.398. The number of hydrogen-bond donors (Lipinski definition) is 2. The van der Waals surface area contributed by atoms with Gasteiger partial charge < -0.3 is 20.1 Å². The van der Waals surface area contributed by atoms with Crippen LogP contribution < -0.4 is 15.4 Å². The number of amides is 2. The molecule has 2 N–H and O–H groups in total. The molecule has 1 fully saturated rings. The molecule has 0 radical (unpaired) electrons. The van der Waals surface area contributed by atoms with E-state index in [4.69, 9.17) is 21.1 Å². The zero-order valence-electron chi connectivity index (χ0n) is 17.8. The van der Waals surface area contributed by atoms with Gasteiger partial charge in [-0.15, -0.1) is 0 Å². The van der Waals surface area contributed by atoms with Gasteiger partial charge in [-0.2, -0.15) is 0 Å². The van der Waals surface area contributed by atoms with E-state index in [1.54, 1.807) is 30.3 Å². The molecule has 6 nitrogen and oxygen atoms in total. The van der Waals surface area contributed by atoms with Crippen molar-refractivity contribution in [2.45, 2.75) is 32.0 Å². The summed E-state index contributed by atoms with van der Waals surface area (Å²) in [5, 5.41) is 6.16. The van der Waals surface area contributed by atoms with E-state index >= 15 is 0 Å². The number of rotatable bonds is 6. The predicted molar refractivity (Wildman–Crippen MR) is 123 cm³/mol. The van der Waals surface area contributed by atoms with Crippen LogP contribution >= 0.6 is 11.6 Å². The maximum absolute atomic E-state index is 13.0. The zero-order valence-corrected chi connectivity index (χ0v) is 18.5. The molecule has 1 saturated heterocycles. The Morgan fingerprint density at radius 3 is 2.69 bits per heavy atom. The summed E-state index contributed by atoms with van der Waals surface area (Å²) in [6.45, 7) is 3.00. The Labute approximate surface area is 192 Å². The van der Waals surface area contributed by atoms with Crippen molar-refractivity contribution in [2.24, 2.45) is 0 Å². The van der Waals surface area contributed by atoms with E-state index in [-0.39, 0.29) is 23.8 Å². The van der Waals surface area contributed by atoms with Gasteiger partial charge in [-0.05, 0) is 67.8 Å². The van der Waals surface area contributed by atoms with Gasteiger partial charge in [0.05, 0.1) is 6.10 Å². The van der Waals surface area contributed by atoms with Crippen LogP contribution in [0.25, 0.3) is 6.08 Å². The number of halogens is 1. The summed E-state index contributed by atoms with van der Waals surface area (Å²) in [5.41, 5.74) is 2.24. The van der Waals surface area contributed by atoms with Gasteiger partial charge >= 0.3 is 0 Å². The largest absolute Gasteiger partial charge is 0.485 e. The standard InChI is InChI=1S/C25H25ClN2O4/c1-16-19(13-18-5-2-3-7-23(18)32-16)14-22(25(30)27-15-21-6-4-12-31-21)28-24(29)17-8-10-20(26)11-9-17/h2-3,5,7-11,13-14,16,21H,4,6,12,15H2,1H3,(H,27,30)(H,28,29)/b22-14-/t16-,21-/m1/s1. The third-order valence-corrected chi connectivity index (χ3v) is 5.69. The summed E-state index contributed by atoms with van der Waals surface area (Å²) in [7, 11) is 0. The van der Waals surface area contributed by atoms with Gasteiger partial charge in [0.15, 0.2) is 0 Å². The predicted octanol–water partition coefficient (Wildman–Crippen LogP) is 4.11. The molecule has 0 unspecified atom stereocenters. The van der Waals surface area contributed by atoms with Crippen molar-refractivity contribution in [2.75, 3.05) is 13.2 Å². The lowest BCUT2D eigenvalue weighted by Crippen LogP contribution is -2.38. The van der Waals surface area contributed by atoms with Crippen molar-refractivity contribution in [1.82, 2.24) is 10.6 Å². The molecule has 0 bridgehead atoms. The molecule has 0 spiro atoms. The second-order valence-electron chi connectivity index (χ2n) is 7.81. The summed E-state index contributed by atoms with van der Waals surface area (Å²) < 4.78 is 11.6. The van der Waals surface area contributed by atoms with Gasteiger partial charge in [-0.1, -0.05) is 29.8 Å². The Kier molecular flexibility index (Phi) is 6.93. The second kappa shape index (κ2) is 10.0. The van der Waals surface area contributed by atoms with Gasteiger partial charge in [-0.25, -0.2) is 0 Å². The molecule has 0 aliphatic carbocycles. The first-order valence-corrected chi connectivity index (χ1v) is 11.0. The van der Waals surface area contributed by atoms with Gasteiger partial charge in [0.25, 0.3) is 11.8 Å². The summed E-state index contributed by atoms with van der Waals surface area (Å²) in [4.78, 5) is 25.8. The topological polar surface area (TPSA) is 76.7 Å². The second-order valence-corrected chi connectivity index (χ2v) is 8.24. The molecule has 2 aromatic carbocycles. The Bertz CT molecular complexity index is 1060. The lowest BCUT2D eigenvalue weighted by Gasteiger charge is -2.23. The smallest absolute Gasteiger partial charge is 0.267 e. The normalized spacial score (nSPS) is 20.1. The van der Waals surface area contributed by atoms with Crippen molar-refractivity contribution in [3.8, 4) is 5.75 Å². The maximum Gasteiger partial charge on any atom is 0.267 e. The van der Waals surface area contributed by atoms with Crippen molar-refractivity contribution >= 4 is 29.5 Å². The number of benzene rings is 2. The van der Waals surface area contributed by atoms with Crippen LogP contribution in [-0.2, 0) is 9.53 Å². The van der Waals surface area contributed by atoms with E-state index in [1.807, 2.05) is 37.3 Å². The Morgan fingerprint density at radius 1 is 1.16 bits per heavy atom. The highest BCUT2D eigenvalue weighted by molar-refractivity contribution is 6.30.